The molecule has 2 rings (SSSR count). The van der Waals surface area contributed by atoms with Gasteiger partial charge in [0.05, 0.1) is 18.0 Å². The molecule has 0 radical (unpaired) electrons. The van der Waals surface area contributed by atoms with Crippen molar-refractivity contribution in [3.63, 3.8) is 0 Å². The molecule has 152 valence electrons. The van der Waals surface area contributed by atoms with Crippen LogP contribution in [0.2, 0.25) is 0 Å². The van der Waals surface area contributed by atoms with Crippen LogP contribution in [0.25, 0.3) is 0 Å². The fourth-order valence-electron chi connectivity index (χ4n) is 2.95. The second-order valence-corrected chi connectivity index (χ2v) is 8.66. The van der Waals surface area contributed by atoms with Gasteiger partial charge in [-0.15, -0.1) is 0 Å². The number of carbonyl (C=O) groups excluding carboxylic acids is 1. The van der Waals surface area contributed by atoms with Crippen LogP contribution in [0.1, 0.15) is 25.8 Å². The van der Waals surface area contributed by atoms with E-state index in [1.54, 1.807) is 37.3 Å². The van der Waals surface area contributed by atoms with Gasteiger partial charge in [0.15, 0.2) is 0 Å². The van der Waals surface area contributed by atoms with Crippen molar-refractivity contribution in [3.05, 3.63) is 60.2 Å². The molecule has 0 unspecified atom stereocenters. The molecule has 0 fully saturated rings. The second-order valence-electron chi connectivity index (χ2n) is 6.80. The number of anilines is 1. The summed E-state index contributed by atoms with van der Waals surface area (Å²) in [6.45, 7) is 5.86. The quantitative estimate of drug-likeness (QED) is 0.697. The van der Waals surface area contributed by atoms with E-state index >= 15 is 0 Å². The van der Waals surface area contributed by atoms with Crippen molar-refractivity contribution in [2.75, 3.05) is 17.2 Å². The van der Waals surface area contributed by atoms with Crippen LogP contribution < -0.4 is 14.4 Å². The van der Waals surface area contributed by atoms with E-state index in [9.17, 15) is 13.2 Å². The number of para-hydroxylation sites is 2. The summed E-state index contributed by atoms with van der Waals surface area (Å²) in [4.78, 5) is 12.9. The van der Waals surface area contributed by atoms with Crippen LogP contribution >= 0.6 is 0 Å². The van der Waals surface area contributed by atoms with Crippen LogP contribution in [-0.4, -0.2) is 39.3 Å². The number of nitrogens with zero attached hydrogens (tertiary/aromatic N) is 1. The predicted molar refractivity (Wildman–Crippen MR) is 112 cm³/mol. The zero-order valence-electron chi connectivity index (χ0n) is 16.8. The minimum absolute atomic E-state index is 0.279. The predicted octanol–water partition coefficient (Wildman–Crippen LogP) is 3.12. The number of rotatable bonds is 9. The molecule has 0 aliphatic heterocycles. The molecule has 7 heteroatoms. The van der Waals surface area contributed by atoms with Crippen molar-refractivity contribution < 1.29 is 17.9 Å². The summed E-state index contributed by atoms with van der Waals surface area (Å²) in [5.74, 6) is 0.412. The van der Waals surface area contributed by atoms with Crippen molar-refractivity contribution in [1.82, 2.24) is 5.32 Å². The van der Waals surface area contributed by atoms with E-state index in [4.69, 9.17) is 4.74 Å². The van der Waals surface area contributed by atoms with Crippen LogP contribution in [0.15, 0.2) is 54.6 Å². The molecule has 1 N–H and O–H groups in total. The van der Waals surface area contributed by atoms with Crippen molar-refractivity contribution in [1.29, 1.82) is 0 Å². The first kappa shape index (κ1) is 21.8. The lowest BCUT2D eigenvalue weighted by atomic mass is 10.1. The Morgan fingerprint density at radius 3 is 2.29 bits per heavy atom. The molecule has 28 heavy (non-hydrogen) atoms. The summed E-state index contributed by atoms with van der Waals surface area (Å²) in [6, 6.07) is 15.2. The van der Waals surface area contributed by atoms with Crippen molar-refractivity contribution in [2.45, 2.75) is 39.3 Å². The lowest BCUT2D eigenvalue weighted by Crippen LogP contribution is -2.52. The highest BCUT2D eigenvalue weighted by Gasteiger charge is 2.31. The highest BCUT2D eigenvalue weighted by molar-refractivity contribution is 7.92. The third-order valence-electron chi connectivity index (χ3n) is 4.31. The first-order valence-corrected chi connectivity index (χ1v) is 11.1. The van der Waals surface area contributed by atoms with Crippen LogP contribution in [0.5, 0.6) is 5.75 Å². The average molecular weight is 405 g/mol. The van der Waals surface area contributed by atoms with E-state index in [0.717, 1.165) is 17.6 Å². The molecule has 2 aromatic rings. The number of hydrogen-bond donors (Lipinski definition) is 1. The smallest absolute Gasteiger partial charge is 0.244 e. The molecule has 0 saturated carbocycles. The molecule has 2 aromatic carbocycles. The maximum absolute atomic E-state index is 12.9. The number of ether oxygens (including phenoxy) is 1. The molecule has 6 nitrogen and oxygen atoms in total. The number of sulfonamides is 1. The average Bonchev–Trinajstić information content (AvgIpc) is 2.64. The van der Waals surface area contributed by atoms with Gasteiger partial charge < -0.3 is 10.1 Å². The first-order valence-electron chi connectivity index (χ1n) is 9.27. The summed E-state index contributed by atoms with van der Waals surface area (Å²) >= 11 is 0. The van der Waals surface area contributed by atoms with Gasteiger partial charge in [-0.05, 0) is 44.0 Å². The van der Waals surface area contributed by atoms with Gasteiger partial charge in [0.1, 0.15) is 18.4 Å². The Labute approximate surface area is 167 Å². The van der Waals surface area contributed by atoms with Gasteiger partial charge in [-0.1, -0.05) is 43.3 Å². The van der Waals surface area contributed by atoms with Crippen molar-refractivity contribution in [3.8, 4) is 5.75 Å². The number of carbonyl (C=O) groups is 1. The minimum Gasteiger partial charge on any atom is -0.491 e. The monoisotopic (exact) mass is 404 g/mol. The topological polar surface area (TPSA) is 75.7 Å². The highest BCUT2D eigenvalue weighted by Crippen LogP contribution is 2.22. The molecule has 0 aliphatic carbocycles. The number of hydrogen-bond acceptors (Lipinski definition) is 4. The highest BCUT2D eigenvalue weighted by atomic mass is 32.2. The van der Waals surface area contributed by atoms with Crippen molar-refractivity contribution >= 4 is 21.6 Å². The van der Waals surface area contributed by atoms with E-state index in [0.29, 0.717) is 12.1 Å². The molecular formula is C21H28N2O4S. The van der Waals surface area contributed by atoms with Crippen LogP contribution in [-0.2, 0) is 14.8 Å². The summed E-state index contributed by atoms with van der Waals surface area (Å²) in [7, 11) is -3.63. The summed E-state index contributed by atoms with van der Waals surface area (Å²) in [5, 5.41) is 2.87. The number of aryl methyl sites for hydroxylation is 1. The molecular weight excluding hydrogens is 376 g/mol. The summed E-state index contributed by atoms with van der Waals surface area (Å²) in [6.07, 6.45) is 1.46. The van der Waals surface area contributed by atoms with E-state index in [2.05, 4.69) is 5.32 Å². The number of nitrogens with one attached hydrogen (secondary N) is 1. The summed E-state index contributed by atoms with van der Waals surface area (Å²) in [5.41, 5.74) is 1.48. The molecule has 1 amide bonds. The van der Waals surface area contributed by atoms with Gasteiger partial charge in [0.25, 0.3) is 0 Å². The maximum Gasteiger partial charge on any atom is 0.244 e. The fourth-order valence-corrected chi connectivity index (χ4v) is 4.16. The Bertz CT molecular complexity index is 884. The van der Waals surface area contributed by atoms with E-state index in [1.165, 1.54) is 4.31 Å². The standard InChI is InChI=1S/C21H28N2O4S/c1-5-19(23(28(4,25)26)18-12-7-6-8-13-18)21(24)22-17(3)15-27-20-14-10-9-11-16(20)2/h6-14,17,19H,5,15H2,1-4H3,(H,22,24)/t17-,19+/m0/s1. The van der Waals surface area contributed by atoms with E-state index in [-0.39, 0.29) is 18.6 Å². The van der Waals surface area contributed by atoms with Crippen molar-refractivity contribution in [2.24, 2.45) is 0 Å². The Morgan fingerprint density at radius 2 is 1.71 bits per heavy atom. The van der Waals surface area contributed by atoms with E-state index in [1.807, 2.05) is 38.1 Å². The molecule has 0 bridgehead atoms. The van der Waals surface area contributed by atoms with Gasteiger partial charge in [-0.25, -0.2) is 8.42 Å². The van der Waals surface area contributed by atoms with Gasteiger partial charge in [0.2, 0.25) is 15.9 Å². The maximum atomic E-state index is 12.9. The molecule has 0 spiro atoms. The van der Waals surface area contributed by atoms with E-state index < -0.39 is 16.1 Å². The zero-order chi connectivity index (χ0) is 20.7. The largest absolute Gasteiger partial charge is 0.491 e. The molecule has 0 heterocycles. The zero-order valence-corrected chi connectivity index (χ0v) is 17.6. The van der Waals surface area contributed by atoms with Gasteiger partial charge in [-0.2, -0.15) is 0 Å². The van der Waals surface area contributed by atoms with Gasteiger partial charge >= 0.3 is 0 Å². The molecule has 0 aromatic heterocycles. The number of benzene rings is 2. The Balaban J connectivity index is 2.09. The second kappa shape index (κ2) is 9.59. The minimum atomic E-state index is -3.63. The first-order chi connectivity index (χ1) is 13.2. The molecule has 0 saturated heterocycles. The number of amides is 1. The molecule has 0 aliphatic rings. The third-order valence-corrected chi connectivity index (χ3v) is 5.49. The van der Waals surface area contributed by atoms with Crippen LogP contribution in [0.3, 0.4) is 0 Å². The normalized spacial score (nSPS) is 13.4. The Kier molecular flexibility index (Phi) is 7.45. The summed E-state index contributed by atoms with van der Waals surface area (Å²) < 4.78 is 31.7. The lowest BCUT2D eigenvalue weighted by molar-refractivity contribution is -0.123. The van der Waals surface area contributed by atoms with Gasteiger partial charge in [0, 0.05) is 0 Å². The Morgan fingerprint density at radius 1 is 1.11 bits per heavy atom. The van der Waals surface area contributed by atoms with Gasteiger partial charge in [-0.3, -0.25) is 9.10 Å². The lowest BCUT2D eigenvalue weighted by Gasteiger charge is -2.31. The fraction of sp³-hybridized carbons (Fsp3) is 0.381. The van der Waals surface area contributed by atoms with Crippen LogP contribution in [0.4, 0.5) is 5.69 Å². The third kappa shape index (κ3) is 5.73. The Hall–Kier alpha value is -2.54. The SMILES string of the molecule is CC[C@H](C(=O)N[C@@H](C)COc1ccccc1C)N(c1ccccc1)S(C)(=O)=O. The van der Waals surface area contributed by atoms with Crippen LogP contribution in [0, 0.1) is 6.92 Å². The molecule has 2 atom stereocenters.